The standard InChI is InChI=1S/C17H23BrF2O3S/c1-6-23-15(21)14(20)17(5,10-24(22)16(2,3)4)12-9-11(18)7-8-13(12)19/h7-9,14H,6,10H2,1-5H3/t14-,17-,24+/m1/s1. The van der Waals surface area contributed by atoms with Gasteiger partial charge in [-0.15, -0.1) is 0 Å². The van der Waals surface area contributed by atoms with E-state index < -0.39 is 38.9 Å². The van der Waals surface area contributed by atoms with E-state index in [-0.39, 0.29) is 17.9 Å². The Morgan fingerprint density at radius 2 is 1.92 bits per heavy atom. The van der Waals surface area contributed by atoms with Crippen molar-refractivity contribution >= 4 is 32.7 Å². The van der Waals surface area contributed by atoms with Crippen molar-refractivity contribution in [2.24, 2.45) is 0 Å². The molecule has 1 aromatic carbocycles. The highest BCUT2D eigenvalue weighted by atomic mass is 79.9. The molecule has 24 heavy (non-hydrogen) atoms. The lowest BCUT2D eigenvalue weighted by Gasteiger charge is -2.34. The summed E-state index contributed by atoms with van der Waals surface area (Å²) >= 11 is 3.23. The monoisotopic (exact) mass is 424 g/mol. The summed E-state index contributed by atoms with van der Waals surface area (Å²) in [5.41, 5.74) is -1.62. The number of hydrogen-bond acceptors (Lipinski definition) is 3. The topological polar surface area (TPSA) is 43.4 Å². The molecule has 0 aromatic heterocycles. The van der Waals surface area contributed by atoms with Crippen molar-refractivity contribution in [1.82, 2.24) is 0 Å². The first-order valence-corrected chi connectivity index (χ1v) is 9.69. The molecule has 0 saturated heterocycles. The summed E-state index contributed by atoms with van der Waals surface area (Å²) in [6, 6.07) is 4.09. The maximum atomic E-state index is 15.0. The van der Waals surface area contributed by atoms with Gasteiger partial charge in [0, 0.05) is 31.2 Å². The molecule has 0 unspecified atom stereocenters. The summed E-state index contributed by atoms with van der Waals surface area (Å²) < 4.78 is 46.6. The van der Waals surface area contributed by atoms with Crippen molar-refractivity contribution in [3.63, 3.8) is 0 Å². The Balaban J connectivity index is 3.42. The number of hydrogen-bond donors (Lipinski definition) is 0. The molecule has 0 radical (unpaired) electrons. The molecule has 0 bridgehead atoms. The van der Waals surface area contributed by atoms with E-state index in [9.17, 15) is 17.8 Å². The fourth-order valence-electron chi connectivity index (χ4n) is 2.19. The van der Waals surface area contributed by atoms with Gasteiger partial charge in [-0.1, -0.05) is 22.9 Å². The van der Waals surface area contributed by atoms with Gasteiger partial charge in [0.05, 0.1) is 6.61 Å². The van der Waals surface area contributed by atoms with Gasteiger partial charge in [-0.2, -0.15) is 0 Å². The van der Waals surface area contributed by atoms with Crippen molar-refractivity contribution in [2.45, 2.75) is 51.0 Å². The average Bonchev–Trinajstić information content (AvgIpc) is 2.47. The molecule has 1 rings (SSSR count). The number of benzene rings is 1. The van der Waals surface area contributed by atoms with Gasteiger partial charge in [0.2, 0.25) is 6.17 Å². The fourth-order valence-corrected chi connectivity index (χ4v) is 3.83. The Bertz CT molecular complexity index is 631. The minimum atomic E-state index is -2.13. The zero-order valence-corrected chi connectivity index (χ0v) is 16.9. The molecule has 3 nitrogen and oxygen atoms in total. The molecule has 136 valence electrons. The maximum absolute atomic E-state index is 15.0. The van der Waals surface area contributed by atoms with Gasteiger partial charge >= 0.3 is 5.97 Å². The largest absolute Gasteiger partial charge is 0.464 e. The third kappa shape index (κ3) is 4.85. The molecule has 0 heterocycles. The van der Waals surface area contributed by atoms with E-state index >= 15 is 0 Å². The molecule has 0 aliphatic rings. The summed E-state index contributed by atoms with van der Waals surface area (Å²) in [5, 5.41) is 0. The summed E-state index contributed by atoms with van der Waals surface area (Å²) in [6.07, 6.45) is -2.13. The van der Waals surface area contributed by atoms with Gasteiger partial charge in [0.1, 0.15) is 5.82 Å². The molecule has 3 atom stereocenters. The van der Waals surface area contributed by atoms with Crippen LogP contribution in [0.4, 0.5) is 8.78 Å². The molecule has 0 saturated carbocycles. The van der Waals surface area contributed by atoms with Gasteiger partial charge in [-0.05, 0) is 51.5 Å². The summed E-state index contributed by atoms with van der Waals surface area (Å²) in [7, 11) is -1.49. The summed E-state index contributed by atoms with van der Waals surface area (Å²) in [5.74, 6) is -1.94. The second-order valence-electron chi connectivity index (χ2n) is 6.76. The molecule has 0 aliphatic carbocycles. The molecule has 0 fully saturated rings. The normalized spacial score (nSPS) is 17.0. The minimum Gasteiger partial charge on any atom is -0.464 e. The van der Waals surface area contributed by atoms with E-state index in [1.807, 2.05) is 0 Å². The Morgan fingerprint density at radius 3 is 2.42 bits per heavy atom. The zero-order chi connectivity index (χ0) is 18.7. The smallest absolute Gasteiger partial charge is 0.341 e. The van der Waals surface area contributed by atoms with Crippen LogP contribution in [-0.4, -0.2) is 33.5 Å². The van der Waals surface area contributed by atoms with Crippen molar-refractivity contribution in [3.8, 4) is 0 Å². The van der Waals surface area contributed by atoms with Gasteiger partial charge < -0.3 is 4.74 Å². The molecule has 0 amide bonds. The molecule has 0 N–H and O–H groups in total. The number of ether oxygens (including phenoxy) is 1. The van der Waals surface area contributed by atoms with Crippen molar-refractivity contribution in [2.75, 3.05) is 12.4 Å². The number of carbonyl (C=O) groups is 1. The molecule has 0 aliphatic heterocycles. The van der Waals surface area contributed by atoms with E-state index in [1.165, 1.54) is 25.1 Å². The first-order valence-electron chi connectivity index (χ1n) is 7.58. The predicted octanol–water partition coefficient (Wildman–Crippen LogP) is 4.29. The number of halogens is 3. The van der Waals surface area contributed by atoms with Crippen LogP contribution >= 0.6 is 15.9 Å². The molecule has 0 spiro atoms. The molecular weight excluding hydrogens is 402 g/mol. The van der Waals surface area contributed by atoms with Crippen molar-refractivity contribution in [1.29, 1.82) is 0 Å². The van der Waals surface area contributed by atoms with Gasteiger partial charge in [-0.25, -0.2) is 13.6 Å². The first-order chi connectivity index (χ1) is 10.9. The lowest BCUT2D eigenvalue weighted by atomic mass is 9.79. The van der Waals surface area contributed by atoms with Crippen LogP contribution in [0.15, 0.2) is 22.7 Å². The third-order valence-electron chi connectivity index (χ3n) is 3.71. The molecule has 1 aromatic rings. The van der Waals surface area contributed by atoms with Crippen LogP contribution in [0.5, 0.6) is 0 Å². The maximum Gasteiger partial charge on any atom is 0.341 e. The van der Waals surface area contributed by atoms with Crippen molar-refractivity contribution in [3.05, 3.63) is 34.1 Å². The van der Waals surface area contributed by atoms with Crippen LogP contribution in [0.25, 0.3) is 0 Å². The van der Waals surface area contributed by atoms with Crippen LogP contribution in [-0.2, 0) is 25.7 Å². The first kappa shape index (κ1) is 21.2. The quantitative estimate of drug-likeness (QED) is 0.639. The molecular formula is C17H23BrF2O3S. The Labute approximate surface area is 152 Å². The SMILES string of the molecule is CCOC(=O)[C@@H](F)[C@](C)(C[S@](=O)C(C)(C)C)c1cc(Br)ccc1F. The minimum absolute atomic E-state index is 0.00460. The number of esters is 1. The number of carbonyl (C=O) groups excluding carboxylic acids is 1. The van der Waals surface area contributed by atoms with Gasteiger partial charge in [0.25, 0.3) is 0 Å². The third-order valence-corrected chi connectivity index (χ3v) is 6.43. The Hall–Kier alpha value is -0.820. The fraction of sp³-hybridized carbons (Fsp3) is 0.588. The lowest BCUT2D eigenvalue weighted by molar-refractivity contribution is -0.151. The van der Waals surface area contributed by atoms with E-state index in [0.717, 1.165) is 0 Å². The summed E-state index contributed by atoms with van der Waals surface area (Å²) in [6.45, 7) is 8.23. The van der Waals surface area contributed by atoms with Gasteiger partial charge in [0.15, 0.2) is 0 Å². The van der Waals surface area contributed by atoms with E-state index in [4.69, 9.17) is 4.74 Å². The van der Waals surface area contributed by atoms with Crippen LogP contribution in [0.1, 0.15) is 40.2 Å². The second kappa shape index (κ2) is 8.04. The zero-order valence-electron chi connectivity index (χ0n) is 14.5. The van der Waals surface area contributed by atoms with Crippen LogP contribution in [0, 0.1) is 5.82 Å². The molecule has 7 heteroatoms. The average molecular weight is 425 g/mol. The van der Waals surface area contributed by atoms with E-state index in [0.29, 0.717) is 4.47 Å². The van der Waals surface area contributed by atoms with Crippen LogP contribution in [0.2, 0.25) is 0 Å². The van der Waals surface area contributed by atoms with E-state index in [2.05, 4.69) is 15.9 Å². The van der Waals surface area contributed by atoms with Crippen molar-refractivity contribution < 1.29 is 22.5 Å². The van der Waals surface area contributed by atoms with E-state index in [1.54, 1.807) is 27.7 Å². The van der Waals surface area contributed by atoms with Gasteiger partial charge in [-0.3, -0.25) is 4.21 Å². The highest BCUT2D eigenvalue weighted by Crippen LogP contribution is 2.36. The highest BCUT2D eigenvalue weighted by Gasteiger charge is 2.46. The number of alkyl halides is 1. The van der Waals surface area contributed by atoms with Crippen LogP contribution < -0.4 is 0 Å². The Kier molecular flexibility index (Phi) is 7.11. The number of rotatable bonds is 6. The van der Waals surface area contributed by atoms with Crippen LogP contribution in [0.3, 0.4) is 0 Å². The summed E-state index contributed by atoms with van der Waals surface area (Å²) in [4.78, 5) is 12.0. The Morgan fingerprint density at radius 1 is 1.33 bits per heavy atom. The predicted molar refractivity (Wildman–Crippen MR) is 95.7 cm³/mol. The lowest BCUT2D eigenvalue weighted by Crippen LogP contribution is -2.47. The highest BCUT2D eigenvalue weighted by molar-refractivity contribution is 9.10. The second-order valence-corrected chi connectivity index (χ2v) is 9.88.